The summed E-state index contributed by atoms with van der Waals surface area (Å²) in [4.78, 5) is 2.05. The lowest BCUT2D eigenvalue weighted by molar-refractivity contribution is 0.452. The highest BCUT2D eigenvalue weighted by Gasteiger charge is 2.02. The first-order chi connectivity index (χ1) is 7.27. The molecule has 15 heavy (non-hydrogen) atoms. The molecule has 1 aromatic heterocycles. The highest BCUT2D eigenvalue weighted by molar-refractivity contribution is 5.73. The maximum atomic E-state index is 4.12. The highest BCUT2D eigenvalue weighted by Crippen LogP contribution is 2.10. The van der Waals surface area contributed by atoms with Crippen LogP contribution in [-0.4, -0.2) is 34.0 Å². The molecule has 0 saturated carbocycles. The molecule has 0 spiro atoms. The smallest absolute Gasteiger partial charge is 0.113 e. The lowest BCUT2D eigenvalue weighted by Crippen LogP contribution is -2.10. The maximum Gasteiger partial charge on any atom is 0.113 e. The molecule has 0 fully saturated rings. The molecule has 1 aromatic carbocycles. The minimum Gasteiger partial charge on any atom is -0.305 e. The topological polar surface area (TPSA) is 34.0 Å². The van der Waals surface area contributed by atoms with Crippen molar-refractivity contribution in [3.8, 4) is 0 Å². The summed E-state index contributed by atoms with van der Waals surface area (Å²) in [6.07, 6.45) is 0.973. The van der Waals surface area contributed by atoms with E-state index in [0.717, 1.165) is 24.0 Å². The molecule has 0 aliphatic rings. The number of hydrogen-bond acceptors (Lipinski definition) is 3. The number of benzene rings is 1. The third kappa shape index (κ3) is 2.33. The molecule has 2 aromatic rings. The van der Waals surface area contributed by atoms with Crippen LogP contribution in [0.15, 0.2) is 24.3 Å². The van der Waals surface area contributed by atoms with Gasteiger partial charge in [-0.3, -0.25) is 0 Å². The zero-order chi connectivity index (χ0) is 10.7. The van der Waals surface area contributed by atoms with Crippen molar-refractivity contribution in [3.05, 3.63) is 30.8 Å². The van der Waals surface area contributed by atoms with E-state index in [1.165, 1.54) is 0 Å². The van der Waals surface area contributed by atoms with Gasteiger partial charge in [0.2, 0.25) is 0 Å². The summed E-state index contributed by atoms with van der Waals surface area (Å²) in [6.45, 7) is 3.01. The Bertz CT molecular complexity index is 433. The van der Waals surface area contributed by atoms with Gasteiger partial charge in [-0.15, -0.1) is 5.10 Å². The van der Waals surface area contributed by atoms with E-state index in [-0.39, 0.29) is 0 Å². The van der Waals surface area contributed by atoms with E-state index in [2.05, 4.69) is 21.8 Å². The summed E-state index contributed by atoms with van der Waals surface area (Å²) in [6, 6.07) is 8.02. The zero-order valence-electron chi connectivity index (χ0n) is 9.09. The van der Waals surface area contributed by atoms with E-state index in [1.807, 2.05) is 43.0 Å². The fraction of sp³-hybridized carbons (Fsp3) is 0.364. The van der Waals surface area contributed by atoms with Gasteiger partial charge in [0.25, 0.3) is 0 Å². The molecule has 0 amide bonds. The number of aromatic nitrogens is 3. The first kappa shape index (κ1) is 10.1. The monoisotopic (exact) mass is 203 g/mol. The first-order valence-corrected chi connectivity index (χ1v) is 5.05. The van der Waals surface area contributed by atoms with E-state index in [4.69, 9.17) is 0 Å². The summed E-state index contributed by atoms with van der Waals surface area (Å²) < 4.78 is 1.94. The Morgan fingerprint density at radius 3 is 2.93 bits per heavy atom. The summed E-state index contributed by atoms with van der Waals surface area (Å²) in [5.74, 6) is 0. The van der Waals surface area contributed by atoms with Gasteiger partial charge in [-0.25, -0.2) is 4.68 Å². The van der Waals surface area contributed by atoms with Gasteiger partial charge in [0.1, 0.15) is 5.52 Å². The third-order valence-corrected chi connectivity index (χ3v) is 2.26. The van der Waals surface area contributed by atoms with Crippen LogP contribution in [0.1, 0.15) is 6.42 Å². The highest BCUT2D eigenvalue weighted by atomic mass is 15.4. The van der Waals surface area contributed by atoms with E-state index >= 15 is 0 Å². The number of fused-ring (bicyclic) bond motifs is 1. The van der Waals surface area contributed by atoms with Crippen molar-refractivity contribution in [1.82, 2.24) is 19.9 Å². The number of para-hydroxylation sites is 1. The van der Waals surface area contributed by atoms with Gasteiger partial charge in [0, 0.05) is 13.1 Å². The van der Waals surface area contributed by atoms with Crippen LogP contribution in [0.4, 0.5) is 0 Å². The minimum atomic E-state index is 0.874. The molecule has 0 bridgehead atoms. The van der Waals surface area contributed by atoms with Gasteiger partial charge in [-0.2, -0.15) is 0 Å². The standard InChI is InChI=1S/C11H15N4/c1-14(2)8-5-9-15-11-7-4-3-6-10(11)12-13-15/h3-4,6-8H,5,9H2,1-2H3. The average Bonchev–Trinajstić information content (AvgIpc) is 2.62. The predicted octanol–water partition coefficient (Wildman–Crippen LogP) is 1.54. The summed E-state index contributed by atoms with van der Waals surface area (Å²) in [5, 5.41) is 8.22. The third-order valence-electron chi connectivity index (χ3n) is 2.26. The van der Waals surface area contributed by atoms with E-state index in [0.29, 0.717) is 0 Å². The van der Waals surface area contributed by atoms with Crippen molar-refractivity contribution in [2.75, 3.05) is 14.1 Å². The Kier molecular flexibility index (Phi) is 2.97. The van der Waals surface area contributed by atoms with Crippen LogP contribution >= 0.6 is 0 Å². The van der Waals surface area contributed by atoms with E-state index < -0.39 is 0 Å². The molecule has 0 aliphatic carbocycles. The quantitative estimate of drug-likeness (QED) is 0.756. The largest absolute Gasteiger partial charge is 0.305 e. The van der Waals surface area contributed by atoms with Crippen molar-refractivity contribution in [2.24, 2.45) is 0 Å². The number of hydrogen-bond donors (Lipinski definition) is 0. The molecule has 4 heteroatoms. The molecule has 0 atom stereocenters. The second-order valence-electron chi connectivity index (χ2n) is 3.74. The second-order valence-corrected chi connectivity index (χ2v) is 3.74. The molecule has 0 saturated heterocycles. The molecule has 0 aliphatic heterocycles. The normalized spacial score (nSPS) is 11.4. The van der Waals surface area contributed by atoms with Gasteiger partial charge in [0.05, 0.1) is 5.52 Å². The Morgan fingerprint density at radius 1 is 1.33 bits per heavy atom. The van der Waals surface area contributed by atoms with Gasteiger partial charge in [0.15, 0.2) is 0 Å². The molecule has 0 N–H and O–H groups in total. The Balaban J connectivity index is 2.08. The lowest BCUT2D eigenvalue weighted by Gasteiger charge is -2.08. The Hall–Kier alpha value is -1.42. The molecule has 2 rings (SSSR count). The Morgan fingerprint density at radius 2 is 2.13 bits per heavy atom. The van der Waals surface area contributed by atoms with Gasteiger partial charge < -0.3 is 4.90 Å². The fourth-order valence-electron chi connectivity index (χ4n) is 1.52. The van der Waals surface area contributed by atoms with Crippen LogP contribution in [0.3, 0.4) is 0 Å². The van der Waals surface area contributed by atoms with Crippen LogP contribution in [0, 0.1) is 6.54 Å². The molecule has 0 unspecified atom stereocenters. The van der Waals surface area contributed by atoms with E-state index in [1.54, 1.807) is 0 Å². The van der Waals surface area contributed by atoms with Crippen LogP contribution in [0.25, 0.3) is 11.0 Å². The number of rotatable bonds is 4. The SMILES string of the molecule is CN(C)[CH]CCn1nnc2ccccc21. The molecule has 79 valence electrons. The summed E-state index contributed by atoms with van der Waals surface area (Å²) >= 11 is 0. The lowest BCUT2D eigenvalue weighted by atomic mass is 10.3. The van der Waals surface area contributed by atoms with Crippen LogP contribution in [-0.2, 0) is 6.54 Å². The average molecular weight is 203 g/mol. The predicted molar refractivity (Wildman–Crippen MR) is 60.1 cm³/mol. The molecular formula is C11H15N4. The first-order valence-electron chi connectivity index (χ1n) is 5.05. The second kappa shape index (κ2) is 4.40. The van der Waals surface area contributed by atoms with Crippen LogP contribution in [0.2, 0.25) is 0 Å². The molecule has 1 radical (unpaired) electrons. The van der Waals surface area contributed by atoms with Crippen molar-refractivity contribution < 1.29 is 0 Å². The van der Waals surface area contributed by atoms with Crippen LogP contribution < -0.4 is 0 Å². The minimum absolute atomic E-state index is 0.874. The molecular weight excluding hydrogens is 188 g/mol. The van der Waals surface area contributed by atoms with Crippen molar-refractivity contribution in [2.45, 2.75) is 13.0 Å². The maximum absolute atomic E-state index is 4.12. The summed E-state index contributed by atoms with van der Waals surface area (Å²) in [5.41, 5.74) is 2.06. The number of nitrogens with zero attached hydrogens (tertiary/aromatic N) is 4. The van der Waals surface area contributed by atoms with Crippen molar-refractivity contribution >= 4 is 11.0 Å². The van der Waals surface area contributed by atoms with Crippen LogP contribution in [0.5, 0.6) is 0 Å². The summed E-state index contributed by atoms with van der Waals surface area (Å²) in [7, 11) is 4.05. The van der Waals surface area contributed by atoms with Gasteiger partial charge >= 0.3 is 0 Å². The van der Waals surface area contributed by atoms with Crippen molar-refractivity contribution in [3.63, 3.8) is 0 Å². The zero-order valence-corrected chi connectivity index (χ0v) is 9.09. The Labute approximate surface area is 89.5 Å². The van der Waals surface area contributed by atoms with Gasteiger partial charge in [-0.05, 0) is 32.6 Å². The van der Waals surface area contributed by atoms with Crippen molar-refractivity contribution in [1.29, 1.82) is 0 Å². The van der Waals surface area contributed by atoms with Gasteiger partial charge in [-0.1, -0.05) is 17.3 Å². The molecule has 1 heterocycles. The number of aryl methyl sites for hydroxylation is 1. The molecule has 4 nitrogen and oxygen atoms in total. The van der Waals surface area contributed by atoms with E-state index in [9.17, 15) is 0 Å². The fourth-order valence-corrected chi connectivity index (χ4v) is 1.52.